The van der Waals surface area contributed by atoms with Gasteiger partial charge in [0.2, 0.25) is 0 Å². The number of piperazine rings is 1. The van der Waals surface area contributed by atoms with E-state index in [9.17, 15) is 14.9 Å². The first-order valence-electron chi connectivity index (χ1n) is 10.5. The zero-order chi connectivity index (χ0) is 22.8. The first-order chi connectivity index (χ1) is 15.3. The third-order valence-corrected chi connectivity index (χ3v) is 5.86. The summed E-state index contributed by atoms with van der Waals surface area (Å²) in [7, 11) is 0. The van der Waals surface area contributed by atoms with E-state index in [0.717, 1.165) is 22.6 Å². The minimum atomic E-state index is -0.468. The monoisotopic (exact) mass is 431 g/mol. The molecule has 1 amide bonds. The zero-order valence-corrected chi connectivity index (χ0v) is 18.4. The van der Waals surface area contributed by atoms with Crippen LogP contribution in [0.1, 0.15) is 27.2 Å². The summed E-state index contributed by atoms with van der Waals surface area (Å²) in [5.41, 5.74) is 4.58. The number of aryl methyl sites for hydroxylation is 2. The number of nitro benzene ring substituents is 1. The Morgan fingerprint density at radius 2 is 1.53 bits per heavy atom. The Hall–Kier alpha value is -3.81. The van der Waals surface area contributed by atoms with Crippen LogP contribution >= 0.6 is 0 Å². The lowest BCUT2D eigenvalue weighted by Crippen LogP contribution is -2.49. The average Bonchev–Trinajstić information content (AvgIpc) is 2.81. The minimum Gasteiger partial charge on any atom is -0.353 e. The molecule has 3 aromatic rings. The Kier molecular flexibility index (Phi) is 5.85. The number of anilines is 1. The van der Waals surface area contributed by atoms with E-state index in [4.69, 9.17) is 4.98 Å². The summed E-state index contributed by atoms with van der Waals surface area (Å²) in [5, 5.41) is 10.8. The van der Waals surface area contributed by atoms with Crippen molar-refractivity contribution in [1.29, 1.82) is 0 Å². The van der Waals surface area contributed by atoms with Gasteiger partial charge in [-0.1, -0.05) is 29.8 Å². The molecule has 164 valence electrons. The number of nitro groups is 1. The molecule has 0 spiro atoms. The van der Waals surface area contributed by atoms with Crippen molar-refractivity contribution in [2.75, 3.05) is 31.1 Å². The summed E-state index contributed by atoms with van der Waals surface area (Å²) in [5.74, 6) is 1.48. The minimum absolute atomic E-state index is 0.0228. The molecule has 8 nitrogen and oxygen atoms in total. The summed E-state index contributed by atoms with van der Waals surface area (Å²) in [6.45, 7) is 8.49. The van der Waals surface area contributed by atoms with Gasteiger partial charge in [0, 0.05) is 60.7 Å². The van der Waals surface area contributed by atoms with Gasteiger partial charge in [0.1, 0.15) is 5.82 Å². The molecule has 8 heteroatoms. The third-order valence-electron chi connectivity index (χ3n) is 5.86. The maximum Gasteiger partial charge on any atom is 0.269 e. The van der Waals surface area contributed by atoms with Gasteiger partial charge in [-0.2, -0.15) is 0 Å². The molecule has 2 aromatic carbocycles. The summed E-state index contributed by atoms with van der Waals surface area (Å²) in [4.78, 5) is 36.7. The lowest BCUT2D eigenvalue weighted by molar-refractivity contribution is -0.384. The van der Waals surface area contributed by atoms with Crippen LogP contribution in [0.2, 0.25) is 0 Å². The summed E-state index contributed by atoms with van der Waals surface area (Å²) in [6.07, 6.45) is 0. The quantitative estimate of drug-likeness (QED) is 0.459. The van der Waals surface area contributed by atoms with Gasteiger partial charge in [-0.3, -0.25) is 14.9 Å². The van der Waals surface area contributed by atoms with Crippen LogP contribution in [0.4, 0.5) is 11.5 Å². The number of benzene rings is 2. The number of hydrogen-bond acceptors (Lipinski definition) is 6. The maximum absolute atomic E-state index is 12.8. The molecular formula is C24H25N5O3. The molecule has 0 aliphatic carbocycles. The van der Waals surface area contributed by atoms with Crippen molar-refractivity contribution >= 4 is 17.4 Å². The summed E-state index contributed by atoms with van der Waals surface area (Å²) in [6, 6.07) is 13.9. The lowest BCUT2D eigenvalue weighted by Gasteiger charge is -2.36. The smallest absolute Gasteiger partial charge is 0.269 e. The first kappa shape index (κ1) is 21.4. The molecule has 0 atom stereocenters. The average molecular weight is 431 g/mol. The topological polar surface area (TPSA) is 92.5 Å². The van der Waals surface area contributed by atoms with Crippen molar-refractivity contribution in [2.24, 2.45) is 0 Å². The van der Waals surface area contributed by atoms with Crippen molar-refractivity contribution in [3.8, 4) is 11.4 Å². The highest BCUT2D eigenvalue weighted by atomic mass is 16.6. The fourth-order valence-electron chi connectivity index (χ4n) is 3.78. The lowest BCUT2D eigenvalue weighted by atomic mass is 10.1. The van der Waals surface area contributed by atoms with Crippen LogP contribution in [0.5, 0.6) is 0 Å². The van der Waals surface area contributed by atoms with Crippen LogP contribution in [0.25, 0.3) is 11.4 Å². The second kappa shape index (κ2) is 8.74. The van der Waals surface area contributed by atoms with Crippen molar-refractivity contribution in [3.05, 3.63) is 81.0 Å². The van der Waals surface area contributed by atoms with Gasteiger partial charge in [-0.15, -0.1) is 0 Å². The van der Waals surface area contributed by atoms with E-state index in [-0.39, 0.29) is 11.6 Å². The van der Waals surface area contributed by atoms with E-state index in [1.54, 1.807) is 4.90 Å². The molecule has 0 saturated carbocycles. The molecule has 1 fully saturated rings. The Balaban J connectivity index is 1.49. The van der Waals surface area contributed by atoms with E-state index in [2.05, 4.69) is 22.0 Å². The molecule has 32 heavy (non-hydrogen) atoms. The van der Waals surface area contributed by atoms with Gasteiger partial charge in [-0.05, 0) is 32.9 Å². The molecule has 1 aliphatic heterocycles. The largest absolute Gasteiger partial charge is 0.353 e. The van der Waals surface area contributed by atoms with Crippen LogP contribution < -0.4 is 4.90 Å². The van der Waals surface area contributed by atoms with Crippen molar-refractivity contribution in [3.63, 3.8) is 0 Å². The number of rotatable bonds is 4. The molecule has 4 rings (SSSR count). The van der Waals surface area contributed by atoms with E-state index in [1.165, 1.54) is 29.8 Å². The highest BCUT2D eigenvalue weighted by Gasteiger charge is 2.25. The number of amides is 1. The Bertz CT molecular complexity index is 1150. The predicted molar refractivity (Wildman–Crippen MR) is 123 cm³/mol. The van der Waals surface area contributed by atoms with Crippen LogP contribution in [0.3, 0.4) is 0 Å². The van der Waals surface area contributed by atoms with Gasteiger partial charge >= 0.3 is 0 Å². The number of carbonyl (C=O) groups is 1. The van der Waals surface area contributed by atoms with Crippen molar-refractivity contribution in [2.45, 2.75) is 20.8 Å². The summed E-state index contributed by atoms with van der Waals surface area (Å²) >= 11 is 0. The van der Waals surface area contributed by atoms with Crippen molar-refractivity contribution < 1.29 is 9.72 Å². The second-order valence-corrected chi connectivity index (χ2v) is 8.03. The molecule has 0 N–H and O–H groups in total. The third kappa shape index (κ3) is 4.30. The van der Waals surface area contributed by atoms with Gasteiger partial charge < -0.3 is 9.80 Å². The molecular weight excluding hydrogens is 406 g/mol. The highest BCUT2D eigenvalue weighted by Crippen LogP contribution is 2.26. The Labute approximate surface area is 186 Å². The van der Waals surface area contributed by atoms with Crippen LogP contribution in [-0.2, 0) is 0 Å². The van der Waals surface area contributed by atoms with Crippen molar-refractivity contribution in [1.82, 2.24) is 14.9 Å². The van der Waals surface area contributed by atoms with Crippen LogP contribution in [0, 0.1) is 30.9 Å². The molecule has 2 heterocycles. The fraction of sp³-hybridized carbons (Fsp3) is 0.292. The second-order valence-electron chi connectivity index (χ2n) is 8.03. The summed E-state index contributed by atoms with van der Waals surface area (Å²) < 4.78 is 0. The molecule has 0 unspecified atom stereocenters. The maximum atomic E-state index is 12.8. The van der Waals surface area contributed by atoms with Gasteiger partial charge in [-0.25, -0.2) is 9.97 Å². The van der Waals surface area contributed by atoms with E-state index < -0.39 is 4.92 Å². The number of carbonyl (C=O) groups excluding carboxylic acids is 1. The molecule has 0 bridgehead atoms. The van der Waals surface area contributed by atoms with E-state index in [0.29, 0.717) is 37.6 Å². The predicted octanol–water partition coefficient (Wildman–Crippen LogP) is 3.94. The van der Waals surface area contributed by atoms with Gasteiger partial charge in [0.15, 0.2) is 5.82 Å². The van der Waals surface area contributed by atoms with Crippen LogP contribution in [-0.4, -0.2) is 51.9 Å². The SMILES string of the molecule is Cc1ccc(-c2nc(C)c(C)c(N3CCN(C(=O)c4ccc([N+](=O)[O-])cc4)CC3)n2)cc1. The Morgan fingerprint density at radius 1 is 0.906 bits per heavy atom. The molecule has 1 aromatic heterocycles. The number of nitrogens with zero attached hydrogens (tertiary/aromatic N) is 5. The standard InChI is InChI=1S/C24H25N5O3/c1-16-4-6-19(7-5-16)22-25-18(3)17(2)23(26-22)27-12-14-28(15-13-27)24(30)20-8-10-21(11-9-20)29(31)32/h4-11H,12-15H2,1-3H3. The number of non-ortho nitro benzene ring substituents is 1. The molecule has 1 saturated heterocycles. The van der Waals surface area contributed by atoms with Gasteiger partial charge in [0.05, 0.1) is 4.92 Å². The zero-order valence-electron chi connectivity index (χ0n) is 18.4. The fourth-order valence-corrected chi connectivity index (χ4v) is 3.78. The van der Waals surface area contributed by atoms with Gasteiger partial charge in [0.25, 0.3) is 11.6 Å². The normalized spacial score (nSPS) is 13.8. The molecule has 1 aliphatic rings. The van der Waals surface area contributed by atoms with E-state index in [1.807, 2.05) is 32.9 Å². The Morgan fingerprint density at radius 3 is 2.12 bits per heavy atom. The number of hydrogen-bond donors (Lipinski definition) is 0. The first-order valence-corrected chi connectivity index (χ1v) is 10.5. The van der Waals surface area contributed by atoms with E-state index >= 15 is 0 Å². The molecule has 0 radical (unpaired) electrons. The number of aromatic nitrogens is 2. The highest BCUT2D eigenvalue weighted by molar-refractivity contribution is 5.94. The van der Waals surface area contributed by atoms with Crippen LogP contribution in [0.15, 0.2) is 48.5 Å².